The summed E-state index contributed by atoms with van der Waals surface area (Å²) in [4.78, 5) is 0. The Morgan fingerprint density at radius 2 is 0.657 bits per heavy atom. The van der Waals surface area contributed by atoms with Gasteiger partial charge in [-0.1, -0.05) is 55.4 Å². The minimum absolute atomic E-state index is 0.0326. The SMILES string of the molecule is CC(C)CCCOCC(COCC(COCCCC(C)C)OCCCC(C)C)OCCCC(C)C. The van der Waals surface area contributed by atoms with Gasteiger partial charge in [-0.2, -0.15) is 0 Å². The molecule has 212 valence electrons. The molecule has 0 heterocycles. The summed E-state index contributed by atoms with van der Waals surface area (Å²) in [5.41, 5.74) is 0. The average Bonchev–Trinajstić information content (AvgIpc) is 2.77. The number of hydrogen-bond donors (Lipinski definition) is 0. The fourth-order valence-corrected chi connectivity index (χ4v) is 3.72. The van der Waals surface area contributed by atoms with Crippen molar-refractivity contribution in [2.45, 2.75) is 119 Å². The van der Waals surface area contributed by atoms with Crippen LogP contribution in [0.1, 0.15) is 107 Å². The topological polar surface area (TPSA) is 46.2 Å². The Labute approximate surface area is 219 Å². The number of hydrogen-bond acceptors (Lipinski definition) is 5. The van der Waals surface area contributed by atoms with Crippen molar-refractivity contribution >= 4 is 0 Å². The van der Waals surface area contributed by atoms with E-state index >= 15 is 0 Å². The Bertz CT molecular complexity index is 387. The highest BCUT2D eigenvalue weighted by atomic mass is 16.6. The van der Waals surface area contributed by atoms with Crippen LogP contribution in [0.2, 0.25) is 0 Å². The van der Waals surface area contributed by atoms with Gasteiger partial charge in [0, 0.05) is 26.4 Å². The molecule has 0 spiro atoms. The zero-order valence-electron chi connectivity index (χ0n) is 24.8. The molecule has 5 heteroatoms. The van der Waals surface area contributed by atoms with E-state index in [-0.39, 0.29) is 12.2 Å². The van der Waals surface area contributed by atoms with Crippen molar-refractivity contribution in [3.05, 3.63) is 0 Å². The third kappa shape index (κ3) is 26.7. The van der Waals surface area contributed by atoms with Crippen molar-refractivity contribution in [3.8, 4) is 0 Å². The summed E-state index contributed by atoms with van der Waals surface area (Å²) in [6.07, 6.45) is 9.04. The van der Waals surface area contributed by atoms with Crippen molar-refractivity contribution in [1.29, 1.82) is 0 Å². The molecule has 0 saturated carbocycles. The van der Waals surface area contributed by atoms with E-state index < -0.39 is 0 Å². The molecule has 0 aromatic heterocycles. The van der Waals surface area contributed by atoms with Crippen LogP contribution in [-0.4, -0.2) is 65.1 Å². The van der Waals surface area contributed by atoms with Gasteiger partial charge in [0.25, 0.3) is 0 Å². The monoisotopic (exact) mass is 502 g/mol. The third-order valence-corrected chi connectivity index (χ3v) is 5.91. The summed E-state index contributed by atoms with van der Waals surface area (Å²) in [6, 6.07) is 0. The Balaban J connectivity index is 4.49. The van der Waals surface area contributed by atoms with Gasteiger partial charge in [0.1, 0.15) is 12.2 Å². The summed E-state index contributed by atoms with van der Waals surface area (Å²) in [6.45, 7) is 23.4. The highest BCUT2D eigenvalue weighted by Gasteiger charge is 2.15. The van der Waals surface area contributed by atoms with Gasteiger partial charge in [0.05, 0.1) is 26.4 Å². The maximum atomic E-state index is 6.14. The van der Waals surface area contributed by atoms with E-state index in [1.165, 1.54) is 25.7 Å². The molecule has 0 rings (SSSR count). The fourth-order valence-electron chi connectivity index (χ4n) is 3.72. The first-order valence-corrected chi connectivity index (χ1v) is 14.7. The lowest BCUT2D eigenvalue weighted by Gasteiger charge is -2.22. The molecular formula is C30H62O5. The summed E-state index contributed by atoms with van der Waals surface area (Å²) in [7, 11) is 0. The first-order valence-electron chi connectivity index (χ1n) is 14.7. The van der Waals surface area contributed by atoms with Crippen LogP contribution in [0.25, 0.3) is 0 Å². The smallest absolute Gasteiger partial charge is 0.104 e. The van der Waals surface area contributed by atoms with Crippen LogP contribution in [0, 0.1) is 23.7 Å². The van der Waals surface area contributed by atoms with Gasteiger partial charge in [-0.3, -0.25) is 0 Å². The molecule has 2 atom stereocenters. The van der Waals surface area contributed by atoms with E-state index in [0.29, 0.717) is 38.3 Å². The van der Waals surface area contributed by atoms with E-state index in [0.717, 1.165) is 63.9 Å². The second kappa shape index (κ2) is 24.2. The van der Waals surface area contributed by atoms with Gasteiger partial charge in [-0.25, -0.2) is 0 Å². The Kier molecular flexibility index (Phi) is 24.0. The molecule has 0 bridgehead atoms. The van der Waals surface area contributed by atoms with Gasteiger partial charge in [0.2, 0.25) is 0 Å². The van der Waals surface area contributed by atoms with Gasteiger partial charge in [0.15, 0.2) is 0 Å². The molecule has 35 heavy (non-hydrogen) atoms. The van der Waals surface area contributed by atoms with E-state index in [2.05, 4.69) is 55.4 Å². The minimum Gasteiger partial charge on any atom is -0.379 e. The lowest BCUT2D eigenvalue weighted by molar-refractivity contribution is -0.0962. The number of rotatable bonds is 26. The van der Waals surface area contributed by atoms with E-state index in [1.54, 1.807) is 0 Å². The van der Waals surface area contributed by atoms with Crippen LogP contribution in [-0.2, 0) is 23.7 Å². The second-order valence-corrected chi connectivity index (χ2v) is 11.8. The van der Waals surface area contributed by atoms with Crippen LogP contribution >= 0.6 is 0 Å². The normalized spacial score (nSPS) is 14.1. The molecule has 0 aromatic rings. The molecule has 5 nitrogen and oxygen atoms in total. The highest BCUT2D eigenvalue weighted by molar-refractivity contribution is 4.61. The quantitative estimate of drug-likeness (QED) is 0.114. The maximum Gasteiger partial charge on any atom is 0.104 e. The van der Waals surface area contributed by atoms with Crippen molar-refractivity contribution < 1.29 is 23.7 Å². The summed E-state index contributed by atoms with van der Waals surface area (Å²) >= 11 is 0. The summed E-state index contributed by atoms with van der Waals surface area (Å²) in [5.74, 6) is 2.84. The minimum atomic E-state index is -0.0326. The first-order chi connectivity index (χ1) is 16.7. The van der Waals surface area contributed by atoms with Crippen molar-refractivity contribution in [2.24, 2.45) is 23.7 Å². The van der Waals surface area contributed by atoms with Crippen LogP contribution in [0.4, 0.5) is 0 Å². The molecule has 0 aliphatic carbocycles. The molecule has 2 unspecified atom stereocenters. The Morgan fingerprint density at radius 1 is 0.371 bits per heavy atom. The zero-order valence-corrected chi connectivity index (χ0v) is 24.8. The maximum absolute atomic E-state index is 6.14. The lowest BCUT2D eigenvalue weighted by Crippen LogP contribution is -2.31. The van der Waals surface area contributed by atoms with E-state index in [1.807, 2.05) is 0 Å². The van der Waals surface area contributed by atoms with E-state index in [9.17, 15) is 0 Å². The molecule has 0 aliphatic heterocycles. The molecule has 0 radical (unpaired) electrons. The van der Waals surface area contributed by atoms with Gasteiger partial charge < -0.3 is 23.7 Å². The van der Waals surface area contributed by atoms with Crippen LogP contribution in [0.3, 0.4) is 0 Å². The van der Waals surface area contributed by atoms with Crippen molar-refractivity contribution in [3.63, 3.8) is 0 Å². The predicted octanol–water partition coefficient (Wildman–Crippen LogP) is 7.55. The van der Waals surface area contributed by atoms with Crippen LogP contribution in [0.15, 0.2) is 0 Å². The van der Waals surface area contributed by atoms with Gasteiger partial charge in [-0.15, -0.1) is 0 Å². The van der Waals surface area contributed by atoms with Crippen molar-refractivity contribution in [2.75, 3.05) is 52.9 Å². The molecular weight excluding hydrogens is 440 g/mol. The number of ether oxygens (including phenoxy) is 5. The second-order valence-electron chi connectivity index (χ2n) is 11.8. The molecule has 0 aliphatic rings. The Morgan fingerprint density at radius 3 is 0.971 bits per heavy atom. The first kappa shape index (κ1) is 34.8. The van der Waals surface area contributed by atoms with Gasteiger partial charge >= 0.3 is 0 Å². The average molecular weight is 503 g/mol. The fraction of sp³-hybridized carbons (Fsp3) is 1.00. The predicted molar refractivity (Wildman–Crippen MR) is 148 cm³/mol. The van der Waals surface area contributed by atoms with Gasteiger partial charge in [-0.05, 0) is 75.0 Å². The molecule has 0 fully saturated rings. The van der Waals surface area contributed by atoms with Crippen LogP contribution in [0.5, 0.6) is 0 Å². The molecule has 0 saturated heterocycles. The largest absolute Gasteiger partial charge is 0.379 e. The third-order valence-electron chi connectivity index (χ3n) is 5.91. The molecule has 0 amide bonds. The molecule has 0 N–H and O–H groups in total. The Hall–Kier alpha value is -0.200. The lowest BCUT2D eigenvalue weighted by atomic mass is 10.1. The summed E-state index contributed by atoms with van der Waals surface area (Å²) in [5, 5.41) is 0. The standard InChI is InChI=1S/C30H62O5/c1-25(2)13-9-17-31-21-29(34-19-11-15-27(5)6)23-33-24-30(35-20-12-16-28(7)8)22-32-18-10-14-26(3)4/h25-30H,9-24H2,1-8H3. The van der Waals surface area contributed by atoms with Crippen molar-refractivity contribution in [1.82, 2.24) is 0 Å². The molecule has 0 aromatic carbocycles. The highest BCUT2D eigenvalue weighted by Crippen LogP contribution is 2.09. The zero-order chi connectivity index (χ0) is 26.3. The van der Waals surface area contributed by atoms with Crippen LogP contribution < -0.4 is 0 Å². The van der Waals surface area contributed by atoms with E-state index in [4.69, 9.17) is 23.7 Å². The summed E-state index contributed by atoms with van der Waals surface area (Å²) < 4.78 is 30.2.